The molecular formula is C25H20ClN3O4. The van der Waals surface area contributed by atoms with Gasteiger partial charge in [-0.15, -0.1) is 0 Å². The molecule has 2 heterocycles. The number of amides is 3. The van der Waals surface area contributed by atoms with Crippen molar-refractivity contribution in [2.75, 3.05) is 7.11 Å². The molecule has 0 spiro atoms. The molecule has 1 atom stereocenters. The van der Waals surface area contributed by atoms with Gasteiger partial charge in [0.25, 0.3) is 5.91 Å². The molecule has 1 aromatic heterocycles. The molecule has 33 heavy (non-hydrogen) atoms. The minimum Gasteiger partial charge on any atom is -0.497 e. The van der Waals surface area contributed by atoms with E-state index in [-0.39, 0.29) is 12.4 Å². The lowest BCUT2D eigenvalue weighted by molar-refractivity contribution is -0.124. The Morgan fingerprint density at radius 3 is 2.27 bits per heavy atom. The first kappa shape index (κ1) is 20.9. The van der Waals surface area contributed by atoms with Gasteiger partial charge in [0.15, 0.2) is 11.4 Å². The summed E-state index contributed by atoms with van der Waals surface area (Å²) in [6.07, 6.45) is 1.74. The molecule has 0 bridgehead atoms. The number of nitrogens with one attached hydrogen (secondary N) is 2. The Balaban J connectivity index is 1.55. The zero-order valence-electron chi connectivity index (χ0n) is 17.6. The number of methoxy groups -OCH3 is 1. The lowest BCUT2D eigenvalue weighted by Crippen LogP contribution is -2.47. The molecule has 3 N–H and O–H groups in total. The fraction of sp³-hybridized carbons (Fsp3) is 0.120. The predicted molar refractivity (Wildman–Crippen MR) is 125 cm³/mol. The predicted octanol–water partition coefficient (Wildman–Crippen LogP) is 4.41. The molecule has 3 amide bonds. The number of rotatable bonds is 5. The van der Waals surface area contributed by atoms with Crippen molar-refractivity contribution >= 4 is 34.3 Å². The number of hydrogen-bond donors (Lipinski definition) is 3. The minimum absolute atomic E-state index is 0.00763. The third-order valence-corrected chi connectivity index (χ3v) is 6.22. The molecule has 3 aromatic carbocycles. The molecule has 1 aliphatic rings. The second-order valence-corrected chi connectivity index (χ2v) is 8.37. The standard InChI is InChI=1S/C25H20ClN3O4/c1-33-20-11-6-17-13-29(22(30)21(17)12-20)14-25(23(31)27-24(32)28-25)18-7-2-15(3-8-18)16-4-9-19(26)10-5-16/h2-13,30H,14H2,1H3,(H2,27,28,31,32)/t25-/m0/s1. The van der Waals surface area contributed by atoms with Crippen molar-refractivity contribution in [3.8, 4) is 22.8 Å². The maximum Gasteiger partial charge on any atom is 0.322 e. The van der Waals surface area contributed by atoms with Gasteiger partial charge < -0.3 is 19.7 Å². The molecule has 1 saturated heterocycles. The summed E-state index contributed by atoms with van der Waals surface area (Å²) < 4.78 is 6.80. The lowest BCUT2D eigenvalue weighted by atomic mass is 9.88. The number of nitrogens with zero attached hydrogens (tertiary/aromatic N) is 1. The molecule has 0 radical (unpaired) electrons. The first-order valence-corrected chi connectivity index (χ1v) is 10.6. The van der Waals surface area contributed by atoms with E-state index in [1.807, 2.05) is 42.5 Å². The van der Waals surface area contributed by atoms with E-state index in [9.17, 15) is 14.7 Å². The number of imide groups is 1. The molecule has 0 saturated carbocycles. The number of halogens is 1. The zero-order chi connectivity index (χ0) is 23.2. The Kier molecular flexibility index (Phi) is 4.98. The summed E-state index contributed by atoms with van der Waals surface area (Å²) in [5.74, 6) is 0.103. The third kappa shape index (κ3) is 3.56. The van der Waals surface area contributed by atoms with Gasteiger partial charge >= 0.3 is 6.03 Å². The maximum absolute atomic E-state index is 13.0. The summed E-state index contributed by atoms with van der Waals surface area (Å²) in [6, 6.07) is 19.6. The highest BCUT2D eigenvalue weighted by atomic mass is 35.5. The molecule has 1 fully saturated rings. The molecule has 1 aliphatic heterocycles. The normalized spacial score (nSPS) is 17.8. The van der Waals surface area contributed by atoms with Crippen LogP contribution < -0.4 is 15.4 Å². The SMILES string of the molecule is COc1ccc2cn(C[C@@]3(c4ccc(-c5ccc(Cl)cc5)cc4)NC(=O)NC3=O)c(O)c2c1. The van der Waals surface area contributed by atoms with Crippen LogP contribution in [0.3, 0.4) is 0 Å². The minimum atomic E-state index is -1.38. The Labute approximate surface area is 194 Å². The van der Waals surface area contributed by atoms with Crippen LogP contribution in [0, 0.1) is 0 Å². The van der Waals surface area contributed by atoms with Gasteiger partial charge in [-0.2, -0.15) is 0 Å². The van der Waals surface area contributed by atoms with E-state index >= 15 is 0 Å². The van der Waals surface area contributed by atoms with Gasteiger partial charge in [-0.1, -0.05) is 48.0 Å². The first-order valence-electron chi connectivity index (χ1n) is 10.3. The topological polar surface area (TPSA) is 92.6 Å². The van der Waals surface area contributed by atoms with Gasteiger partial charge in [-0.3, -0.25) is 10.1 Å². The van der Waals surface area contributed by atoms with Gasteiger partial charge in [-0.05, 0) is 47.0 Å². The van der Waals surface area contributed by atoms with E-state index in [1.165, 1.54) is 0 Å². The van der Waals surface area contributed by atoms with E-state index in [1.54, 1.807) is 42.1 Å². The highest BCUT2D eigenvalue weighted by molar-refractivity contribution is 6.30. The van der Waals surface area contributed by atoms with Crippen LogP contribution in [0.1, 0.15) is 5.56 Å². The number of urea groups is 1. The van der Waals surface area contributed by atoms with Crippen molar-refractivity contribution in [3.63, 3.8) is 0 Å². The Bertz CT molecular complexity index is 1380. The van der Waals surface area contributed by atoms with Crippen LogP contribution in [0.15, 0.2) is 72.9 Å². The fourth-order valence-electron chi connectivity index (χ4n) is 4.22. The smallest absolute Gasteiger partial charge is 0.322 e. The maximum atomic E-state index is 13.0. The van der Waals surface area contributed by atoms with Gasteiger partial charge in [-0.25, -0.2) is 4.79 Å². The number of hydrogen-bond acceptors (Lipinski definition) is 4. The molecule has 7 nitrogen and oxygen atoms in total. The van der Waals surface area contributed by atoms with Crippen molar-refractivity contribution in [2.45, 2.75) is 12.1 Å². The number of ether oxygens (including phenoxy) is 1. The molecular weight excluding hydrogens is 442 g/mol. The molecule has 0 unspecified atom stereocenters. The Morgan fingerprint density at radius 2 is 1.67 bits per heavy atom. The molecule has 0 aliphatic carbocycles. The largest absolute Gasteiger partial charge is 0.497 e. The van der Waals surface area contributed by atoms with Crippen molar-refractivity contribution in [3.05, 3.63) is 83.5 Å². The van der Waals surface area contributed by atoms with E-state index in [0.29, 0.717) is 21.7 Å². The summed E-state index contributed by atoms with van der Waals surface area (Å²) in [6.45, 7) is 0.00763. The van der Waals surface area contributed by atoms with Crippen LogP contribution >= 0.6 is 11.6 Å². The van der Waals surface area contributed by atoms with Crippen LogP contribution in [0.2, 0.25) is 5.02 Å². The van der Waals surface area contributed by atoms with E-state index < -0.39 is 17.5 Å². The lowest BCUT2D eigenvalue weighted by Gasteiger charge is -2.27. The second-order valence-electron chi connectivity index (χ2n) is 7.93. The Hall–Kier alpha value is -3.97. The number of carbonyl (C=O) groups excluding carboxylic acids is 2. The number of fused-ring (bicyclic) bond motifs is 1. The molecule has 5 rings (SSSR count). The number of aromatic nitrogens is 1. The van der Waals surface area contributed by atoms with Crippen molar-refractivity contribution in [1.29, 1.82) is 0 Å². The number of benzene rings is 3. The average Bonchev–Trinajstić information content (AvgIpc) is 3.29. The van der Waals surface area contributed by atoms with Gasteiger partial charge in [0.1, 0.15) is 5.75 Å². The van der Waals surface area contributed by atoms with E-state index in [4.69, 9.17) is 16.3 Å². The quantitative estimate of drug-likeness (QED) is 0.384. The number of carbonyl (C=O) groups is 2. The summed E-state index contributed by atoms with van der Waals surface area (Å²) >= 11 is 5.98. The monoisotopic (exact) mass is 461 g/mol. The summed E-state index contributed by atoms with van der Waals surface area (Å²) in [4.78, 5) is 25.2. The van der Waals surface area contributed by atoms with Gasteiger partial charge in [0, 0.05) is 22.0 Å². The van der Waals surface area contributed by atoms with Crippen molar-refractivity contribution in [1.82, 2.24) is 15.2 Å². The van der Waals surface area contributed by atoms with E-state index in [0.717, 1.165) is 16.5 Å². The van der Waals surface area contributed by atoms with Gasteiger partial charge in [0.05, 0.1) is 13.7 Å². The van der Waals surface area contributed by atoms with Crippen LogP contribution in [0.5, 0.6) is 11.6 Å². The summed E-state index contributed by atoms with van der Waals surface area (Å²) in [5, 5.41) is 18.0. The van der Waals surface area contributed by atoms with Crippen LogP contribution in [0.25, 0.3) is 21.9 Å². The van der Waals surface area contributed by atoms with Crippen LogP contribution in [0.4, 0.5) is 4.79 Å². The molecule has 8 heteroatoms. The third-order valence-electron chi connectivity index (χ3n) is 5.97. The second kappa shape index (κ2) is 7.86. The molecule has 4 aromatic rings. The average molecular weight is 462 g/mol. The van der Waals surface area contributed by atoms with E-state index in [2.05, 4.69) is 10.6 Å². The van der Waals surface area contributed by atoms with Crippen LogP contribution in [-0.4, -0.2) is 28.7 Å². The highest BCUT2D eigenvalue weighted by Crippen LogP contribution is 2.35. The van der Waals surface area contributed by atoms with Crippen molar-refractivity contribution < 1.29 is 19.4 Å². The first-order chi connectivity index (χ1) is 15.9. The van der Waals surface area contributed by atoms with Gasteiger partial charge in [0.2, 0.25) is 0 Å². The highest BCUT2D eigenvalue weighted by Gasteiger charge is 2.48. The number of aromatic hydroxyl groups is 1. The molecule has 166 valence electrons. The summed E-state index contributed by atoms with van der Waals surface area (Å²) in [7, 11) is 1.55. The zero-order valence-corrected chi connectivity index (χ0v) is 18.4. The summed E-state index contributed by atoms with van der Waals surface area (Å²) in [5.41, 5.74) is 1.13. The van der Waals surface area contributed by atoms with Crippen molar-refractivity contribution in [2.24, 2.45) is 0 Å². The fourth-order valence-corrected chi connectivity index (χ4v) is 4.34. The van der Waals surface area contributed by atoms with Crippen LogP contribution in [-0.2, 0) is 16.9 Å². The Morgan fingerprint density at radius 1 is 1.00 bits per heavy atom.